The summed E-state index contributed by atoms with van der Waals surface area (Å²) in [5.41, 5.74) is 6.54. The van der Waals surface area contributed by atoms with E-state index in [2.05, 4.69) is 32.6 Å². The molecule has 1 aliphatic rings. The van der Waals surface area contributed by atoms with E-state index >= 15 is 0 Å². The molecule has 0 heterocycles. The summed E-state index contributed by atoms with van der Waals surface area (Å²) < 4.78 is 0. The maximum atomic E-state index is 6.25. The van der Waals surface area contributed by atoms with Gasteiger partial charge < -0.3 is 5.73 Å². The Bertz CT molecular complexity index is 241. The summed E-state index contributed by atoms with van der Waals surface area (Å²) in [4.78, 5) is 2.71. The molecule has 1 aliphatic carbocycles. The highest BCUT2D eigenvalue weighted by Crippen LogP contribution is 2.35. The van der Waals surface area contributed by atoms with Crippen LogP contribution in [0.2, 0.25) is 0 Å². The summed E-state index contributed by atoms with van der Waals surface area (Å²) in [6.07, 6.45) is 9.40. The lowest BCUT2D eigenvalue weighted by Crippen LogP contribution is -2.54. The number of hydrogen-bond acceptors (Lipinski definition) is 2. The van der Waals surface area contributed by atoms with Gasteiger partial charge in [-0.15, -0.1) is 0 Å². The minimum absolute atomic E-state index is 0.294. The van der Waals surface area contributed by atoms with E-state index in [1.54, 1.807) is 0 Å². The molecule has 0 amide bonds. The lowest BCUT2D eigenvalue weighted by atomic mass is 9.86. The van der Waals surface area contributed by atoms with Crippen molar-refractivity contribution in [3.05, 3.63) is 0 Å². The van der Waals surface area contributed by atoms with E-state index in [4.69, 9.17) is 5.73 Å². The Kier molecular flexibility index (Phi) is 7.38. The second kappa shape index (κ2) is 8.26. The summed E-state index contributed by atoms with van der Waals surface area (Å²) in [6.45, 7) is 12.5. The van der Waals surface area contributed by atoms with Crippen LogP contribution in [0.3, 0.4) is 0 Å². The number of likely N-dealkylation sites (N-methyl/N-ethyl adjacent to an activating group) is 1. The predicted octanol–water partition coefficient (Wildman–Crippen LogP) is 4.04. The van der Waals surface area contributed by atoms with Crippen LogP contribution in [-0.2, 0) is 0 Å². The first kappa shape index (κ1) is 17.0. The SMILES string of the molecule is CCC(C)CN(CC)C1(CN)CCCC(CC)CC1. The first-order chi connectivity index (χ1) is 9.11. The van der Waals surface area contributed by atoms with Gasteiger partial charge in [-0.05, 0) is 37.6 Å². The summed E-state index contributed by atoms with van der Waals surface area (Å²) in [5.74, 6) is 1.73. The normalized spacial score (nSPS) is 30.3. The van der Waals surface area contributed by atoms with Gasteiger partial charge in [-0.2, -0.15) is 0 Å². The minimum atomic E-state index is 0.294. The van der Waals surface area contributed by atoms with Gasteiger partial charge in [0, 0.05) is 18.6 Å². The molecule has 3 unspecified atom stereocenters. The van der Waals surface area contributed by atoms with Crippen molar-refractivity contribution in [1.29, 1.82) is 0 Å². The zero-order chi connectivity index (χ0) is 14.3. The molecule has 0 saturated heterocycles. The first-order valence-electron chi connectivity index (χ1n) is 8.56. The molecule has 0 aromatic rings. The van der Waals surface area contributed by atoms with Crippen LogP contribution in [0.1, 0.15) is 72.6 Å². The van der Waals surface area contributed by atoms with Crippen molar-refractivity contribution in [1.82, 2.24) is 4.90 Å². The topological polar surface area (TPSA) is 29.3 Å². The molecule has 19 heavy (non-hydrogen) atoms. The van der Waals surface area contributed by atoms with Crippen LogP contribution in [0.4, 0.5) is 0 Å². The molecule has 2 heteroatoms. The quantitative estimate of drug-likeness (QED) is 0.706. The molecule has 0 spiro atoms. The van der Waals surface area contributed by atoms with Crippen molar-refractivity contribution in [3.63, 3.8) is 0 Å². The second-order valence-corrected chi connectivity index (χ2v) is 6.69. The number of nitrogens with two attached hydrogens (primary N) is 1. The average Bonchev–Trinajstić information content (AvgIpc) is 2.67. The third-order valence-corrected chi connectivity index (χ3v) is 5.51. The zero-order valence-corrected chi connectivity index (χ0v) is 13.8. The molecule has 1 fully saturated rings. The van der Waals surface area contributed by atoms with Crippen LogP contribution in [-0.4, -0.2) is 30.1 Å². The fourth-order valence-electron chi connectivity index (χ4n) is 3.68. The molecule has 1 saturated carbocycles. The largest absolute Gasteiger partial charge is 0.329 e. The van der Waals surface area contributed by atoms with Gasteiger partial charge in [0.2, 0.25) is 0 Å². The Labute approximate surface area is 121 Å². The Morgan fingerprint density at radius 2 is 1.95 bits per heavy atom. The van der Waals surface area contributed by atoms with Crippen molar-refractivity contribution >= 4 is 0 Å². The first-order valence-corrected chi connectivity index (χ1v) is 8.56. The van der Waals surface area contributed by atoms with E-state index < -0.39 is 0 Å². The third kappa shape index (κ3) is 4.46. The van der Waals surface area contributed by atoms with Crippen LogP contribution >= 0.6 is 0 Å². The van der Waals surface area contributed by atoms with E-state index in [1.165, 1.54) is 51.5 Å². The van der Waals surface area contributed by atoms with Gasteiger partial charge in [-0.25, -0.2) is 0 Å². The summed E-state index contributed by atoms with van der Waals surface area (Å²) >= 11 is 0. The second-order valence-electron chi connectivity index (χ2n) is 6.69. The van der Waals surface area contributed by atoms with Gasteiger partial charge in [0.25, 0.3) is 0 Å². The highest BCUT2D eigenvalue weighted by molar-refractivity contribution is 4.94. The highest BCUT2D eigenvalue weighted by Gasteiger charge is 2.36. The number of hydrogen-bond donors (Lipinski definition) is 1. The van der Waals surface area contributed by atoms with E-state index in [0.29, 0.717) is 5.54 Å². The fraction of sp³-hybridized carbons (Fsp3) is 1.00. The lowest BCUT2D eigenvalue weighted by Gasteiger charge is -2.44. The highest BCUT2D eigenvalue weighted by atomic mass is 15.2. The van der Waals surface area contributed by atoms with Crippen LogP contribution < -0.4 is 5.73 Å². The third-order valence-electron chi connectivity index (χ3n) is 5.51. The Morgan fingerprint density at radius 1 is 1.21 bits per heavy atom. The predicted molar refractivity (Wildman–Crippen MR) is 85.4 cm³/mol. The molecule has 0 aromatic heterocycles. The van der Waals surface area contributed by atoms with Gasteiger partial charge in [0.05, 0.1) is 0 Å². The molecule has 0 bridgehead atoms. The van der Waals surface area contributed by atoms with Crippen LogP contribution in [0, 0.1) is 11.8 Å². The molecular formula is C17H36N2. The van der Waals surface area contributed by atoms with Crippen LogP contribution in [0.25, 0.3) is 0 Å². The Balaban J connectivity index is 2.75. The van der Waals surface area contributed by atoms with Crippen LogP contribution in [0.5, 0.6) is 0 Å². The Morgan fingerprint density at radius 3 is 2.47 bits per heavy atom. The van der Waals surface area contributed by atoms with Gasteiger partial charge in [-0.1, -0.05) is 53.4 Å². The van der Waals surface area contributed by atoms with Gasteiger partial charge in [0.15, 0.2) is 0 Å². The molecular weight excluding hydrogens is 232 g/mol. The monoisotopic (exact) mass is 268 g/mol. The van der Waals surface area contributed by atoms with Crippen molar-refractivity contribution in [2.75, 3.05) is 19.6 Å². The van der Waals surface area contributed by atoms with E-state index in [0.717, 1.165) is 24.9 Å². The van der Waals surface area contributed by atoms with Gasteiger partial charge >= 0.3 is 0 Å². The number of rotatable bonds is 7. The van der Waals surface area contributed by atoms with Crippen molar-refractivity contribution in [2.24, 2.45) is 17.6 Å². The van der Waals surface area contributed by atoms with Gasteiger partial charge in [0.1, 0.15) is 0 Å². The Hall–Kier alpha value is -0.0800. The molecule has 0 aromatic carbocycles. The molecule has 114 valence electrons. The molecule has 0 aliphatic heterocycles. The zero-order valence-electron chi connectivity index (χ0n) is 13.8. The number of nitrogens with zero attached hydrogens (tertiary/aromatic N) is 1. The maximum Gasteiger partial charge on any atom is 0.0331 e. The van der Waals surface area contributed by atoms with E-state index in [-0.39, 0.29) is 0 Å². The molecule has 2 N–H and O–H groups in total. The van der Waals surface area contributed by atoms with E-state index in [9.17, 15) is 0 Å². The molecule has 3 atom stereocenters. The fourth-order valence-corrected chi connectivity index (χ4v) is 3.68. The maximum absolute atomic E-state index is 6.25. The van der Waals surface area contributed by atoms with E-state index in [1.807, 2.05) is 0 Å². The van der Waals surface area contributed by atoms with Crippen molar-refractivity contribution < 1.29 is 0 Å². The molecule has 2 nitrogen and oxygen atoms in total. The standard InChI is InChI=1S/C17H36N2/c1-5-15(4)13-19(7-3)17(14-18)11-8-9-16(6-2)10-12-17/h15-16H,5-14,18H2,1-4H3. The molecule has 0 radical (unpaired) electrons. The van der Waals surface area contributed by atoms with Crippen molar-refractivity contribution in [3.8, 4) is 0 Å². The lowest BCUT2D eigenvalue weighted by molar-refractivity contribution is 0.0673. The minimum Gasteiger partial charge on any atom is -0.329 e. The molecule has 1 rings (SSSR count). The smallest absolute Gasteiger partial charge is 0.0331 e. The van der Waals surface area contributed by atoms with Gasteiger partial charge in [-0.3, -0.25) is 4.90 Å². The summed E-state index contributed by atoms with van der Waals surface area (Å²) in [7, 11) is 0. The summed E-state index contributed by atoms with van der Waals surface area (Å²) in [6, 6.07) is 0. The summed E-state index contributed by atoms with van der Waals surface area (Å²) in [5, 5.41) is 0. The van der Waals surface area contributed by atoms with Crippen LogP contribution in [0.15, 0.2) is 0 Å². The van der Waals surface area contributed by atoms with Crippen molar-refractivity contribution in [2.45, 2.75) is 78.2 Å². The average molecular weight is 268 g/mol.